The minimum Gasteiger partial charge on any atom is -0.462 e. The number of unbranched alkanes of at least 4 members (excludes halogenated alkanes) is 1. The van der Waals surface area contributed by atoms with Crippen LogP contribution in [0, 0.1) is 11.3 Å². The van der Waals surface area contributed by atoms with Gasteiger partial charge in [0.25, 0.3) is 5.56 Å². The van der Waals surface area contributed by atoms with Crippen molar-refractivity contribution in [2.24, 2.45) is 0 Å². The maximum absolute atomic E-state index is 12.6. The highest BCUT2D eigenvalue weighted by Gasteiger charge is 2.15. The Morgan fingerprint density at radius 2 is 2.21 bits per heavy atom. The van der Waals surface area contributed by atoms with Crippen molar-refractivity contribution < 1.29 is 9.53 Å². The summed E-state index contributed by atoms with van der Waals surface area (Å²) in [4.78, 5) is 29.3. The van der Waals surface area contributed by atoms with Crippen LogP contribution in [0.1, 0.15) is 48.3 Å². The van der Waals surface area contributed by atoms with Crippen LogP contribution in [0.15, 0.2) is 23.0 Å². The first-order valence-electron chi connectivity index (χ1n) is 8.28. The number of aromatic nitrogens is 2. The minimum atomic E-state index is -0.452. The Balaban J connectivity index is 1.90. The molecular formula is C18H19N3O3. The van der Waals surface area contributed by atoms with Gasteiger partial charge in [-0.2, -0.15) is 5.26 Å². The van der Waals surface area contributed by atoms with E-state index in [1.807, 2.05) is 6.07 Å². The van der Waals surface area contributed by atoms with E-state index in [0.29, 0.717) is 35.9 Å². The largest absolute Gasteiger partial charge is 0.462 e. The number of rotatable bonds is 4. The second kappa shape index (κ2) is 7.26. The summed E-state index contributed by atoms with van der Waals surface area (Å²) in [6.07, 6.45) is 4.78. The maximum Gasteiger partial charge on any atom is 0.338 e. The van der Waals surface area contributed by atoms with Gasteiger partial charge in [0.2, 0.25) is 0 Å². The highest BCUT2D eigenvalue weighted by atomic mass is 16.5. The van der Waals surface area contributed by atoms with Crippen molar-refractivity contribution in [2.45, 2.75) is 45.1 Å². The van der Waals surface area contributed by atoms with E-state index >= 15 is 0 Å². The predicted octanol–water partition coefficient (Wildman–Crippen LogP) is 2.58. The Bertz CT molecular complexity index is 864. The van der Waals surface area contributed by atoms with Gasteiger partial charge in [-0.3, -0.25) is 9.36 Å². The molecule has 0 radical (unpaired) electrons. The van der Waals surface area contributed by atoms with Gasteiger partial charge in [0.1, 0.15) is 5.82 Å². The van der Waals surface area contributed by atoms with Crippen molar-refractivity contribution in [3.05, 3.63) is 39.9 Å². The smallest absolute Gasteiger partial charge is 0.338 e. The molecule has 0 aliphatic carbocycles. The summed E-state index contributed by atoms with van der Waals surface area (Å²) in [6.45, 7) is 0.921. The van der Waals surface area contributed by atoms with Crippen molar-refractivity contribution in [1.82, 2.24) is 9.55 Å². The number of ether oxygens (including phenoxy) is 1. The fourth-order valence-electron chi connectivity index (χ4n) is 2.94. The summed E-state index contributed by atoms with van der Waals surface area (Å²) in [5.41, 5.74) is 0.885. The molecule has 124 valence electrons. The molecule has 0 unspecified atom stereocenters. The Morgan fingerprint density at radius 3 is 3.04 bits per heavy atom. The van der Waals surface area contributed by atoms with Gasteiger partial charge in [-0.15, -0.1) is 0 Å². The molecule has 1 aliphatic rings. The molecule has 0 N–H and O–H groups in total. The third-order valence-corrected chi connectivity index (χ3v) is 4.22. The topological polar surface area (TPSA) is 85.0 Å². The van der Waals surface area contributed by atoms with E-state index in [0.717, 1.165) is 31.5 Å². The van der Waals surface area contributed by atoms with Gasteiger partial charge < -0.3 is 4.74 Å². The van der Waals surface area contributed by atoms with Crippen molar-refractivity contribution in [2.75, 3.05) is 6.61 Å². The first-order chi connectivity index (χ1) is 11.7. The van der Waals surface area contributed by atoms with E-state index in [1.165, 1.54) is 0 Å². The summed E-state index contributed by atoms with van der Waals surface area (Å²) in [5.74, 6) is 0.344. The van der Waals surface area contributed by atoms with Gasteiger partial charge >= 0.3 is 5.97 Å². The highest BCUT2D eigenvalue weighted by molar-refractivity contribution is 5.94. The first-order valence-corrected chi connectivity index (χ1v) is 8.28. The lowest BCUT2D eigenvalue weighted by Crippen LogP contribution is -2.24. The number of fused-ring (bicyclic) bond motifs is 2. The zero-order chi connectivity index (χ0) is 16.9. The van der Waals surface area contributed by atoms with Gasteiger partial charge in [0.15, 0.2) is 0 Å². The van der Waals surface area contributed by atoms with Crippen LogP contribution in [0.25, 0.3) is 10.9 Å². The zero-order valence-corrected chi connectivity index (χ0v) is 13.5. The molecule has 2 aromatic rings. The lowest BCUT2D eigenvalue weighted by atomic mass is 10.1. The molecule has 0 spiro atoms. The molecule has 1 aromatic carbocycles. The summed E-state index contributed by atoms with van der Waals surface area (Å²) in [6, 6.07) is 6.87. The van der Waals surface area contributed by atoms with Gasteiger partial charge in [-0.05, 0) is 37.5 Å². The van der Waals surface area contributed by atoms with Crippen LogP contribution in [-0.2, 0) is 17.7 Å². The summed E-state index contributed by atoms with van der Waals surface area (Å²) >= 11 is 0. The lowest BCUT2D eigenvalue weighted by Gasteiger charge is -2.10. The van der Waals surface area contributed by atoms with Gasteiger partial charge in [0, 0.05) is 19.4 Å². The minimum absolute atomic E-state index is 0.0363. The SMILES string of the molecule is N#CCCCOC(=O)c1ccc2c(=O)n3c(nc2c1)CCCCC3. The van der Waals surface area contributed by atoms with Gasteiger partial charge in [-0.1, -0.05) is 6.42 Å². The Morgan fingerprint density at radius 1 is 1.33 bits per heavy atom. The summed E-state index contributed by atoms with van der Waals surface area (Å²) < 4.78 is 6.90. The monoisotopic (exact) mass is 325 g/mol. The molecule has 1 aromatic heterocycles. The van der Waals surface area contributed by atoms with Crippen molar-refractivity contribution in [3.63, 3.8) is 0 Å². The number of carbonyl (C=O) groups excluding carboxylic acids is 1. The summed E-state index contributed by atoms with van der Waals surface area (Å²) in [7, 11) is 0. The molecule has 1 aliphatic heterocycles. The zero-order valence-electron chi connectivity index (χ0n) is 13.5. The molecule has 0 amide bonds. The Kier molecular flexibility index (Phi) is 4.90. The average molecular weight is 325 g/mol. The predicted molar refractivity (Wildman–Crippen MR) is 88.7 cm³/mol. The number of nitriles is 1. The van der Waals surface area contributed by atoms with Crippen LogP contribution in [0.2, 0.25) is 0 Å². The molecule has 0 bridgehead atoms. The summed E-state index contributed by atoms with van der Waals surface area (Å²) in [5, 5.41) is 9.01. The van der Waals surface area contributed by atoms with Crippen LogP contribution < -0.4 is 5.56 Å². The van der Waals surface area contributed by atoms with E-state index in [9.17, 15) is 9.59 Å². The van der Waals surface area contributed by atoms with E-state index in [-0.39, 0.29) is 12.2 Å². The number of esters is 1. The number of nitrogens with zero attached hydrogens (tertiary/aromatic N) is 3. The van der Waals surface area contributed by atoms with Crippen LogP contribution in [0.4, 0.5) is 0 Å². The number of benzene rings is 1. The number of hydrogen-bond acceptors (Lipinski definition) is 5. The van der Waals surface area contributed by atoms with Crippen LogP contribution in [-0.4, -0.2) is 22.1 Å². The van der Waals surface area contributed by atoms with Crippen LogP contribution in [0.3, 0.4) is 0 Å². The van der Waals surface area contributed by atoms with E-state index in [1.54, 1.807) is 22.8 Å². The number of carbonyl (C=O) groups is 1. The molecule has 0 atom stereocenters. The average Bonchev–Trinajstić information content (AvgIpc) is 2.84. The molecule has 0 fully saturated rings. The molecule has 6 heteroatoms. The normalized spacial score (nSPS) is 13.8. The molecule has 2 heterocycles. The van der Waals surface area contributed by atoms with E-state index in [2.05, 4.69) is 4.98 Å². The lowest BCUT2D eigenvalue weighted by molar-refractivity contribution is 0.0502. The fraction of sp³-hybridized carbons (Fsp3) is 0.444. The highest BCUT2D eigenvalue weighted by Crippen LogP contribution is 2.16. The van der Waals surface area contributed by atoms with Crippen LogP contribution in [0.5, 0.6) is 0 Å². The van der Waals surface area contributed by atoms with Crippen LogP contribution >= 0.6 is 0 Å². The third kappa shape index (κ3) is 3.30. The van der Waals surface area contributed by atoms with Crippen molar-refractivity contribution >= 4 is 16.9 Å². The second-order valence-corrected chi connectivity index (χ2v) is 5.92. The molecular weight excluding hydrogens is 306 g/mol. The standard InChI is InChI=1S/C18H19N3O3/c19-9-3-5-11-24-18(23)13-7-8-14-15(12-13)20-16-6-2-1-4-10-21(16)17(14)22/h7-8,12H,1-6,10-11H2. The Labute approximate surface area is 139 Å². The molecule has 6 nitrogen and oxygen atoms in total. The number of aryl methyl sites for hydroxylation is 1. The third-order valence-electron chi connectivity index (χ3n) is 4.22. The molecule has 3 rings (SSSR count). The second-order valence-electron chi connectivity index (χ2n) is 5.92. The van der Waals surface area contributed by atoms with E-state index < -0.39 is 5.97 Å². The van der Waals surface area contributed by atoms with Gasteiger partial charge in [-0.25, -0.2) is 9.78 Å². The number of hydrogen-bond donors (Lipinski definition) is 0. The molecule has 0 saturated carbocycles. The Hall–Kier alpha value is -2.68. The molecule has 0 saturated heterocycles. The van der Waals surface area contributed by atoms with Crippen molar-refractivity contribution in [1.29, 1.82) is 5.26 Å². The van der Waals surface area contributed by atoms with Gasteiger partial charge in [0.05, 0.1) is 29.1 Å². The maximum atomic E-state index is 12.6. The quantitative estimate of drug-likeness (QED) is 0.637. The first kappa shape index (κ1) is 16.2. The fourth-order valence-corrected chi connectivity index (χ4v) is 2.94. The van der Waals surface area contributed by atoms with Crippen molar-refractivity contribution in [3.8, 4) is 6.07 Å². The molecule has 24 heavy (non-hydrogen) atoms. The van der Waals surface area contributed by atoms with E-state index in [4.69, 9.17) is 10.00 Å².